The average Bonchev–Trinajstić information content (AvgIpc) is 3.47. The molecule has 3 unspecified atom stereocenters. The Bertz CT molecular complexity index is 899. The van der Waals surface area contributed by atoms with Gasteiger partial charge in [-0.2, -0.15) is 0 Å². The molecular weight excluding hydrogens is 372 g/mol. The van der Waals surface area contributed by atoms with Crippen molar-refractivity contribution < 1.29 is 18.8 Å². The lowest BCUT2D eigenvalue weighted by molar-refractivity contribution is -0.132. The standard InChI is InChI=1S/C21H26N4O4/c1-13-7-18(29-24-13)16-10-22-23-21(16)15-3-2-6-25(11-15)20(26)9-14-4-5-17-19(8-14)28-12-27-17/h4-5,7-8,15-16,21-23H,2-3,6,9-12H2,1H3. The van der Waals surface area contributed by atoms with Crippen LogP contribution in [0.15, 0.2) is 28.8 Å². The summed E-state index contributed by atoms with van der Waals surface area (Å²) in [7, 11) is 0. The average molecular weight is 398 g/mol. The van der Waals surface area contributed by atoms with Gasteiger partial charge in [0, 0.05) is 31.7 Å². The Hall–Kier alpha value is -2.58. The lowest BCUT2D eigenvalue weighted by Crippen LogP contribution is -2.48. The lowest BCUT2D eigenvalue weighted by Gasteiger charge is -2.37. The van der Waals surface area contributed by atoms with Crippen LogP contribution in [0.25, 0.3) is 0 Å². The van der Waals surface area contributed by atoms with Crippen molar-refractivity contribution in [3.8, 4) is 11.5 Å². The molecule has 0 aliphatic carbocycles. The highest BCUT2D eigenvalue weighted by Crippen LogP contribution is 2.34. The molecule has 1 aromatic carbocycles. The van der Waals surface area contributed by atoms with Crippen LogP contribution in [0.1, 0.15) is 35.8 Å². The zero-order chi connectivity index (χ0) is 19.8. The summed E-state index contributed by atoms with van der Waals surface area (Å²) in [6.07, 6.45) is 2.49. The Labute approximate surface area is 169 Å². The highest BCUT2D eigenvalue weighted by atomic mass is 16.7. The van der Waals surface area contributed by atoms with E-state index in [1.807, 2.05) is 36.1 Å². The fraction of sp³-hybridized carbons (Fsp3) is 0.524. The van der Waals surface area contributed by atoms with Crippen LogP contribution in [-0.2, 0) is 11.2 Å². The summed E-state index contributed by atoms with van der Waals surface area (Å²) < 4.78 is 16.3. The van der Waals surface area contributed by atoms with Crippen LogP contribution in [0.3, 0.4) is 0 Å². The summed E-state index contributed by atoms with van der Waals surface area (Å²) in [5.41, 5.74) is 8.54. The van der Waals surface area contributed by atoms with Crippen LogP contribution in [0.2, 0.25) is 0 Å². The zero-order valence-electron chi connectivity index (χ0n) is 16.5. The third-order valence-electron chi connectivity index (χ3n) is 6.15. The maximum absolute atomic E-state index is 13.0. The number of carbonyl (C=O) groups is 1. The van der Waals surface area contributed by atoms with Crippen molar-refractivity contribution in [2.24, 2.45) is 5.92 Å². The molecule has 154 valence electrons. The van der Waals surface area contributed by atoms with E-state index in [2.05, 4.69) is 16.0 Å². The van der Waals surface area contributed by atoms with Crippen molar-refractivity contribution in [2.45, 2.75) is 38.1 Å². The Balaban J connectivity index is 1.25. The number of hydrogen-bond donors (Lipinski definition) is 2. The molecule has 8 nitrogen and oxygen atoms in total. The Morgan fingerprint density at radius 3 is 3.03 bits per heavy atom. The molecule has 0 saturated carbocycles. The van der Waals surface area contributed by atoms with E-state index in [0.29, 0.717) is 12.3 Å². The molecule has 2 aromatic rings. The van der Waals surface area contributed by atoms with E-state index in [9.17, 15) is 4.79 Å². The van der Waals surface area contributed by atoms with Crippen molar-refractivity contribution in [1.82, 2.24) is 20.9 Å². The lowest BCUT2D eigenvalue weighted by atomic mass is 9.83. The fourth-order valence-electron chi connectivity index (χ4n) is 4.66. The van der Waals surface area contributed by atoms with Crippen molar-refractivity contribution in [3.63, 3.8) is 0 Å². The van der Waals surface area contributed by atoms with Gasteiger partial charge in [0.15, 0.2) is 11.5 Å². The number of nitrogens with zero attached hydrogens (tertiary/aromatic N) is 2. The smallest absolute Gasteiger partial charge is 0.231 e. The third kappa shape index (κ3) is 3.70. The van der Waals surface area contributed by atoms with Crippen LogP contribution >= 0.6 is 0 Å². The van der Waals surface area contributed by atoms with E-state index in [-0.39, 0.29) is 24.7 Å². The Kier molecular flexibility index (Phi) is 4.89. The number of nitrogens with one attached hydrogen (secondary N) is 2. The van der Waals surface area contributed by atoms with Crippen molar-refractivity contribution in [3.05, 3.63) is 41.3 Å². The normalized spacial score (nSPS) is 26.1. The molecular formula is C21H26N4O4. The minimum absolute atomic E-state index is 0.159. The van der Waals surface area contributed by atoms with Gasteiger partial charge in [-0.3, -0.25) is 15.6 Å². The molecule has 2 saturated heterocycles. The van der Waals surface area contributed by atoms with Crippen LogP contribution in [0, 0.1) is 12.8 Å². The molecule has 8 heteroatoms. The number of aryl methyl sites for hydroxylation is 1. The van der Waals surface area contributed by atoms with Crippen molar-refractivity contribution >= 4 is 5.91 Å². The Morgan fingerprint density at radius 2 is 2.17 bits per heavy atom. The first-order chi connectivity index (χ1) is 14.2. The second-order valence-corrected chi connectivity index (χ2v) is 8.13. The number of piperidine rings is 1. The van der Waals surface area contributed by atoms with Gasteiger partial charge in [-0.15, -0.1) is 0 Å². The number of ether oxygens (including phenoxy) is 2. The number of carbonyl (C=O) groups excluding carboxylic acids is 1. The number of amides is 1. The first-order valence-electron chi connectivity index (χ1n) is 10.3. The van der Waals surface area contributed by atoms with Gasteiger partial charge < -0.3 is 18.9 Å². The summed E-state index contributed by atoms with van der Waals surface area (Å²) in [4.78, 5) is 15.0. The van der Waals surface area contributed by atoms with Crippen LogP contribution in [0.5, 0.6) is 11.5 Å². The summed E-state index contributed by atoms with van der Waals surface area (Å²) >= 11 is 0. The quantitative estimate of drug-likeness (QED) is 0.811. The van der Waals surface area contributed by atoms with Gasteiger partial charge in [-0.05, 0) is 43.4 Å². The van der Waals surface area contributed by atoms with Crippen molar-refractivity contribution in [2.75, 3.05) is 26.4 Å². The van der Waals surface area contributed by atoms with Gasteiger partial charge in [-0.1, -0.05) is 11.2 Å². The molecule has 2 N–H and O–H groups in total. The Morgan fingerprint density at radius 1 is 1.28 bits per heavy atom. The molecule has 0 bridgehead atoms. The number of likely N-dealkylation sites (tertiary alicyclic amines) is 1. The van der Waals surface area contributed by atoms with E-state index >= 15 is 0 Å². The van der Waals surface area contributed by atoms with E-state index < -0.39 is 0 Å². The number of benzene rings is 1. The minimum Gasteiger partial charge on any atom is -0.454 e. The maximum Gasteiger partial charge on any atom is 0.231 e. The molecule has 3 aliphatic rings. The predicted molar refractivity (Wildman–Crippen MR) is 104 cm³/mol. The first kappa shape index (κ1) is 18.4. The second kappa shape index (κ2) is 7.68. The van der Waals surface area contributed by atoms with Gasteiger partial charge in [0.25, 0.3) is 0 Å². The SMILES string of the molecule is Cc1cc(C2CNNC2C2CCCN(C(=O)Cc3ccc4c(c3)OCO4)C2)on1. The second-order valence-electron chi connectivity index (χ2n) is 8.13. The number of aromatic nitrogens is 1. The molecule has 2 fully saturated rings. The van der Waals surface area contributed by atoms with Gasteiger partial charge in [0.2, 0.25) is 12.7 Å². The van der Waals surface area contributed by atoms with Gasteiger partial charge in [0.05, 0.1) is 18.0 Å². The zero-order valence-corrected chi connectivity index (χ0v) is 16.5. The summed E-state index contributed by atoms with van der Waals surface area (Å²) in [5.74, 6) is 3.13. The number of rotatable bonds is 4. The van der Waals surface area contributed by atoms with Crippen LogP contribution in [0.4, 0.5) is 0 Å². The molecule has 0 radical (unpaired) electrons. The molecule has 1 aromatic heterocycles. The molecule has 1 amide bonds. The molecule has 29 heavy (non-hydrogen) atoms. The summed E-state index contributed by atoms with van der Waals surface area (Å²) in [6.45, 7) is 4.56. The molecule has 3 aliphatic heterocycles. The van der Waals surface area contributed by atoms with Gasteiger partial charge in [0.1, 0.15) is 5.76 Å². The van der Waals surface area contributed by atoms with E-state index in [4.69, 9.17) is 14.0 Å². The fourth-order valence-corrected chi connectivity index (χ4v) is 4.66. The number of fused-ring (bicyclic) bond motifs is 1. The number of hydrogen-bond acceptors (Lipinski definition) is 7. The van der Waals surface area contributed by atoms with E-state index in [1.165, 1.54) is 0 Å². The molecule has 5 rings (SSSR count). The predicted octanol–water partition coefficient (Wildman–Crippen LogP) is 1.75. The third-order valence-corrected chi connectivity index (χ3v) is 6.15. The highest BCUT2D eigenvalue weighted by molar-refractivity contribution is 5.79. The molecule has 0 spiro atoms. The number of hydrazine groups is 1. The van der Waals surface area contributed by atoms with E-state index in [0.717, 1.165) is 61.0 Å². The molecule has 4 heterocycles. The summed E-state index contributed by atoms with van der Waals surface area (Å²) in [6, 6.07) is 7.97. The van der Waals surface area contributed by atoms with E-state index in [1.54, 1.807) is 0 Å². The topological polar surface area (TPSA) is 88.9 Å². The first-order valence-corrected chi connectivity index (χ1v) is 10.3. The van der Waals surface area contributed by atoms with Gasteiger partial charge in [-0.25, -0.2) is 0 Å². The van der Waals surface area contributed by atoms with Gasteiger partial charge >= 0.3 is 0 Å². The summed E-state index contributed by atoms with van der Waals surface area (Å²) in [5, 5.41) is 4.04. The largest absolute Gasteiger partial charge is 0.454 e. The van der Waals surface area contributed by atoms with Crippen LogP contribution < -0.4 is 20.3 Å². The van der Waals surface area contributed by atoms with Crippen LogP contribution in [-0.4, -0.2) is 48.4 Å². The molecule has 3 atom stereocenters. The maximum atomic E-state index is 13.0. The van der Waals surface area contributed by atoms with Crippen molar-refractivity contribution in [1.29, 1.82) is 0 Å². The monoisotopic (exact) mass is 398 g/mol. The minimum atomic E-state index is 0.159. The highest BCUT2D eigenvalue weighted by Gasteiger charge is 2.39.